The van der Waals surface area contributed by atoms with Crippen LogP contribution in [0.3, 0.4) is 0 Å². The van der Waals surface area contributed by atoms with Gasteiger partial charge in [0.15, 0.2) is 0 Å². The molecule has 0 aliphatic heterocycles. The van der Waals surface area contributed by atoms with Crippen LogP contribution in [0.15, 0.2) is 36.4 Å². The van der Waals surface area contributed by atoms with Gasteiger partial charge in [-0.3, -0.25) is 4.79 Å². The first-order chi connectivity index (χ1) is 9.88. The summed E-state index contributed by atoms with van der Waals surface area (Å²) in [5.41, 5.74) is 6.30. The van der Waals surface area contributed by atoms with Crippen molar-refractivity contribution in [3.63, 3.8) is 0 Å². The van der Waals surface area contributed by atoms with Crippen molar-refractivity contribution in [3.8, 4) is 0 Å². The van der Waals surface area contributed by atoms with Gasteiger partial charge in [-0.1, -0.05) is 35.4 Å². The van der Waals surface area contributed by atoms with E-state index in [2.05, 4.69) is 5.32 Å². The average molecular weight is 343 g/mol. The summed E-state index contributed by atoms with van der Waals surface area (Å²) in [6.45, 7) is 0. The number of rotatable bonds is 3. The fourth-order valence-electron chi connectivity index (χ4n) is 1.69. The topological polar surface area (TPSA) is 55.1 Å². The van der Waals surface area contributed by atoms with Crippen molar-refractivity contribution in [1.82, 2.24) is 0 Å². The Kier molecular flexibility index (Phi) is 4.77. The Morgan fingerprint density at radius 3 is 2.48 bits per heavy atom. The van der Waals surface area contributed by atoms with Crippen molar-refractivity contribution in [2.75, 3.05) is 5.32 Å². The molecule has 0 aliphatic carbocycles. The van der Waals surface area contributed by atoms with E-state index in [9.17, 15) is 9.18 Å². The fourth-order valence-corrected chi connectivity index (χ4v) is 2.36. The fraction of sp³-hybridized carbons (Fsp3) is 0. The number of nitrogens with two attached hydrogens (primary N) is 1. The zero-order chi connectivity index (χ0) is 15.6. The van der Waals surface area contributed by atoms with Crippen LogP contribution in [-0.4, -0.2) is 10.9 Å². The highest BCUT2D eigenvalue weighted by atomic mass is 35.5. The lowest BCUT2D eigenvalue weighted by Crippen LogP contribution is -2.18. The number of thiocarbonyl (C=S) groups is 1. The highest BCUT2D eigenvalue weighted by Crippen LogP contribution is 2.23. The van der Waals surface area contributed by atoms with Gasteiger partial charge in [-0.25, -0.2) is 4.39 Å². The highest BCUT2D eigenvalue weighted by molar-refractivity contribution is 7.80. The Bertz CT molecular complexity index is 737. The third-order valence-corrected chi connectivity index (χ3v) is 3.44. The van der Waals surface area contributed by atoms with E-state index < -0.39 is 11.7 Å². The van der Waals surface area contributed by atoms with Gasteiger partial charge in [0.05, 0.1) is 16.3 Å². The first kappa shape index (κ1) is 15.7. The summed E-state index contributed by atoms with van der Waals surface area (Å²) in [6, 6.07) is 8.22. The van der Waals surface area contributed by atoms with Crippen LogP contribution in [0.5, 0.6) is 0 Å². The molecule has 3 N–H and O–H groups in total. The number of benzene rings is 2. The minimum absolute atomic E-state index is 0.0213. The summed E-state index contributed by atoms with van der Waals surface area (Å²) in [4.78, 5) is 12.2. The van der Waals surface area contributed by atoms with Gasteiger partial charge in [0, 0.05) is 10.6 Å². The number of carbonyl (C=O) groups is 1. The molecule has 0 aliphatic rings. The molecule has 2 aromatic rings. The molecule has 0 spiro atoms. The Morgan fingerprint density at radius 2 is 1.86 bits per heavy atom. The van der Waals surface area contributed by atoms with E-state index in [1.807, 2.05) is 0 Å². The van der Waals surface area contributed by atoms with E-state index in [0.29, 0.717) is 10.7 Å². The van der Waals surface area contributed by atoms with Crippen LogP contribution in [0.2, 0.25) is 10.0 Å². The van der Waals surface area contributed by atoms with Crippen LogP contribution in [0.1, 0.15) is 15.9 Å². The highest BCUT2D eigenvalue weighted by Gasteiger charge is 2.14. The molecule has 2 aromatic carbocycles. The van der Waals surface area contributed by atoms with E-state index in [1.54, 1.807) is 6.07 Å². The number of hydrogen-bond acceptors (Lipinski definition) is 2. The molecular formula is C14H9Cl2FN2OS. The van der Waals surface area contributed by atoms with Gasteiger partial charge in [-0.2, -0.15) is 0 Å². The minimum Gasteiger partial charge on any atom is -0.389 e. The quantitative estimate of drug-likeness (QED) is 0.828. The molecule has 0 saturated heterocycles. The van der Waals surface area contributed by atoms with Crippen LogP contribution in [0.25, 0.3) is 0 Å². The van der Waals surface area contributed by atoms with Crippen molar-refractivity contribution in [3.05, 3.63) is 63.4 Å². The Morgan fingerprint density at radius 1 is 1.14 bits per heavy atom. The molecule has 21 heavy (non-hydrogen) atoms. The Labute approximate surface area is 135 Å². The number of halogens is 3. The summed E-state index contributed by atoms with van der Waals surface area (Å²) < 4.78 is 13.2. The minimum atomic E-state index is -0.500. The zero-order valence-corrected chi connectivity index (χ0v) is 12.8. The smallest absolute Gasteiger partial charge is 0.257 e. The molecule has 0 radical (unpaired) electrons. The third-order valence-electron chi connectivity index (χ3n) is 2.67. The molecule has 0 heterocycles. The van der Waals surface area contributed by atoms with Crippen LogP contribution >= 0.6 is 35.4 Å². The molecule has 0 bridgehead atoms. The predicted molar refractivity (Wildman–Crippen MR) is 86.7 cm³/mol. The van der Waals surface area contributed by atoms with Crippen molar-refractivity contribution in [2.24, 2.45) is 5.73 Å². The molecule has 2 rings (SSSR count). The molecule has 0 atom stereocenters. The average Bonchev–Trinajstić information content (AvgIpc) is 2.40. The second kappa shape index (κ2) is 6.39. The molecular weight excluding hydrogens is 334 g/mol. The van der Waals surface area contributed by atoms with E-state index in [0.717, 1.165) is 6.07 Å². The Hall–Kier alpha value is -1.69. The Balaban J connectivity index is 2.34. The van der Waals surface area contributed by atoms with Crippen molar-refractivity contribution in [1.29, 1.82) is 0 Å². The molecule has 1 amide bonds. The lowest BCUT2D eigenvalue weighted by molar-refractivity contribution is 0.102. The summed E-state index contributed by atoms with van der Waals surface area (Å²) in [5.74, 6) is -0.971. The van der Waals surface area contributed by atoms with E-state index in [-0.39, 0.29) is 21.1 Å². The number of nitrogens with one attached hydrogen (secondary N) is 1. The summed E-state index contributed by atoms with van der Waals surface area (Å²) in [6.07, 6.45) is 0. The first-order valence-electron chi connectivity index (χ1n) is 5.74. The lowest BCUT2D eigenvalue weighted by atomic mass is 10.1. The van der Waals surface area contributed by atoms with Crippen LogP contribution in [0, 0.1) is 5.82 Å². The van der Waals surface area contributed by atoms with Gasteiger partial charge in [-0.15, -0.1) is 0 Å². The SMILES string of the molecule is NC(=S)c1cc(F)ccc1NC(=O)c1ccc(Cl)cc1Cl. The number of hydrogen-bond donors (Lipinski definition) is 2. The second-order valence-electron chi connectivity index (χ2n) is 4.13. The van der Waals surface area contributed by atoms with Crippen LogP contribution in [-0.2, 0) is 0 Å². The molecule has 0 saturated carbocycles. The second-order valence-corrected chi connectivity index (χ2v) is 5.42. The van der Waals surface area contributed by atoms with Gasteiger partial charge in [0.2, 0.25) is 0 Å². The molecule has 0 aromatic heterocycles. The summed E-state index contributed by atoms with van der Waals surface area (Å²) >= 11 is 16.6. The molecule has 108 valence electrons. The van der Waals surface area contributed by atoms with Crippen molar-refractivity contribution < 1.29 is 9.18 Å². The van der Waals surface area contributed by atoms with Crippen molar-refractivity contribution >= 4 is 52.0 Å². The number of anilines is 1. The van der Waals surface area contributed by atoms with E-state index in [4.69, 9.17) is 41.2 Å². The molecule has 0 unspecified atom stereocenters. The maximum absolute atomic E-state index is 13.2. The van der Waals surface area contributed by atoms with Gasteiger partial charge < -0.3 is 11.1 Å². The van der Waals surface area contributed by atoms with Gasteiger partial charge >= 0.3 is 0 Å². The van der Waals surface area contributed by atoms with Gasteiger partial charge in [0.25, 0.3) is 5.91 Å². The number of amides is 1. The monoisotopic (exact) mass is 342 g/mol. The van der Waals surface area contributed by atoms with Crippen LogP contribution < -0.4 is 11.1 Å². The lowest BCUT2D eigenvalue weighted by Gasteiger charge is -2.11. The van der Waals surface area contributed by atoms with Crippen molar-refractivity contribution in [2.45, 2.75) is 0 Å². The standard InChI is InChI=1S/C14H9Cl2FN2OS/c15-7-1-3-9(11(16)5-7)14(20)19-12-4-2-8(17)6-10(12)13(18)21/h1-6H,(H2,18,21)(H,19,20). The van der Waals surface area contributed by atoms with E-state index in [1.165, 1.54) is 24.3 Å². The first-order valence-corrected chi connectivity index (χ1v) is 6.90. The molecule has 0 fully saturated rings. The van der Waals surface area contributed by atoms with Crippen LogP contribution in [0.4, 0.5) is 10.1 Å². The largest absolute Gasteiger partial charge is 0.389 e. The maximum Gasteiger partial charge on any atom is 0.257 e. The summed E-state index contributed by atoms with van der Waals surface area (Å²) in [5, 5.41) is 3.22. The van der Waals surface area contributed by atoms with E-state index >= 15 is 0 Å². The maximum atomic E-state index is 13.2. The van der Waals surface area contributed by atoms with Gasteiger partial charge in [-0.05, 0) is 36.4 Å². The predicted octanol–water partition coefficient (Wildman–Crippen LogP) is 4.02. The number of carbonyl (C=O) groups excluding carboxylic acids is 1. The zero-order valence-electron chi connectivity index (χ0n) is 10.5. The normalized spacial score (nSPS) is 10.2. The third kappa shape index (κ3) is 3.69. The molecule has 3 nitrogen and oxygen atoms in total. The molecule has 7 heteroatoms. The summed E-state index contributed by atoms with van der Waals surface area (Å²) in [7, 11) is 0. The van der Waals surface area contributed by atoms with Gasteiger partial charge in [0.1, 0.15) is 10.8 Å².